The SMILES string of the molecule is Cc1cc(C(=O)N2CCC(C)CC2)ccc1NC(=O)NCCCSc1ccc(F)cc1. The second-order valence-electron chi connectivity index (χ2n) is 8.04. The summed E-state index contributed by atoms with van der Waals surface area (Å²) in [6.45, 7) is 6.27. The molecule has 0 radical (unpaired) electrons. The molecule has 3 rings (SSSR count). The van der Waals surface area contributed by atoms with Gasteiger partial charge < -0.3 is 15.5 Å². The molecule has 1 aliphatic heterocycles. The minimum absolute atomic E-state index is 0.0599. The molecule has 0 bridgehead atoms. The van der Waals surface area contributed by atoms with Gasteiger partial charge in [0.25, 0.3) is 5.91 Å². The highest BCUT2D eigenvalue weighted by molar-refractivity contribution is 7.99. The monoisotopic (exact) mass is 443 g/mol. The van der Waals surface area contributed by atoms with Gasteiger partial charge in [-0.3, -0.25) is 4.79 Å². The minimum Gasteiger partial charge on any atom is -0.339 e. The van der Waals surface area contributed by atoms with E-state index in [4.69, 9.17) is 0 Å². The van der Waals surface area contributed by atoms with Gasteiger partial charge in [0.1, 0.15) is 5.82 Å². The Morgan fingerprint density at radius 3 is 2.52 bits per heavy atom. The van der Waals surface area contributed by atoms with Gasteiger partial charge in [-0.2, -0.15) is 0 Å². The highest BCUT2D eigenvalue weighted by atomic mass is 32.2. The molecule has 2 aromatic rings. The molecule has 0 atom stereocenters. The summed E-state index contributed by atoms with van der Waals surface area (Å²) < 4.78 is 12.9. The molecule has 166 valence electrons. The topological polar surface area (TPSA) is 61.4 Å². The van der Waals surface area contributed by atoms with Crippen molar-refractivity contribution >= 4 is 29.4 Å². The standard InChI is InChI=1S/C24H30FN3O2S/c1-17-10-13-28(14-11-17)23(29)19-4-9-22(18(2)16-19)27-24(30)26-12-3-15-31-21-7-5-20(25)6-8-21/h4-9,16-17H,3,10-15H2,1-2H3,(H2,26,27,30). The number of aryl methyl sites for hydroxylation is 1. The fourth-order valence-electron chi connectivity index (χ4n) is 3.49. The number of amides is 3. The summed E-state index contributed by atoms with van der Waals surface area (Å²) in [6, 6.07) is 11.5. The van der Waals surface area contributed by atoms with E-state index in [-0.39, 0.29) is 17.8 Å². The highest BCUT2D eigenvalue weighted by Crippen LogP contribution is 2.22. The molecule has 2 N–H and O–H groups in total. The number of piperidine rings is 1. The van der Waals surface area contributed by atoms with Crippen LogP contribution in [-0.4, -0.2) is 42.2 Å². The van der Waals surface area contributed by atoms with E-state index in [0.29, 0.717) is 23.7 Å². The number of carbonyl (C=O) groups is 2. The number of likely N-dealkylation sites (tertiary alicyclic amines) is 1. The van der Waals surface area contributed by atoms with Crippen LogP contribution in [0.5, 0.6) is 0 Å². The number of anilines is 1. The molecule has 0 spiro atoms. The van der Waals surface area contributed by atoms with Crippen LogP contribution in [-0.2, 0) is 0 Å². The van der Waals surface area contributed by atoms with Gasteiger partial charge in [-0.1, -0.05) is 6.92 Å². The maximum Gasteiger partial charge on any atom is 0.319 e. The number of carbonyl (C=O) groups excluding carboxylic acids is 2. The van der Waals surface area contributed by atoms with Crippen molar-refractivity contribution in [2.45, 2.75) is 38.0 Å². The average Bonchev–Trinajstić information content (AvgIpc) is 2.76. The second kappa shape index (κ2) is 11.2. The predicted molar refractivity (Wildman–Crippen MR) is 124 cm³/mol. The van der Waals surface area contributed by atoms with Crippen molar-refractivity contribution in [3.05, 3.63) is 59.4 Å². The van der Waals surface area contributed by atoms with Gasteiger partial charge in [0.05, 0.1) is 0 Å². The number of hydrogen-bond acceptors (Lipinski definition) is 3. The Balaban J connectivity index is 1.41. The molecule has 2 aromatic carbocycles. The van der Waals surface area contributed by atoms with Crippen LogP contribution in [0.3, 0.4) is 0 Å². The number of halogens is 1. The third-order valence-corrected chi connectivity index (χ3v) is 6.58. The fraction of sp³-hybridized carbons (Fsp3) is 0.417. The van der Waals surface area contributed by atoms with E-state index in [1.165, 1.54) is 12.1 Å². The van der Waals surface area contributed by atoms with Gasteiger partial charge in [-0.15, -0.1) is 11.8 Å². The van der Waals surface area contributed by atoms with Crippen molar-refractivity contribution in [1.82, 2.24) is 10.2 Å². The van der Waals surface area contributed by atoms with Crippen LogP contribution in [0.2, 0.25) is 0 Å². The first-order chi connectivity index (χ1) is 14.9. The smallest absolute Gasteiger partial charge is 0.319 e. The van der Waals surface area contributed by atoms with Gasteiger partial charge in [-0.25, -0.2) is 9.18 Å². The zero-order valence-electron chi connectivity index (χ0n) is 18.1. The van der Waals surface area contributed by atoms with Crippen molar-refractivity contribution < 1.29 is 14.0 Å². The van der Waals surface area contributed by atoms with Crippen LogP contribution in [0.15, 0.2) is 47.4 Å². The van der Waals surface area contributed by atoms with Crippen LogP contribution in [0.4, 0.5) is 14.9 Å². The molecule has 5 nitrogen and oxygen atoms in total. The Bertz CT molecular complexity index is 896. The van der Waals surface area contributed by atoms with Crippen molar-refractivity contribution in [2.75, 3.05) is 30.7 Å². The average molecular weight is 444 g/mol. The van der Waals surface area contributed by atoms with E-state index in [2.05, 4.69) is 17.6 Å². The van der Waals surface area contributed by atoms with Gasteiger partial charge in [0.15, 0.2) is 0 Å². The van der Waals surface area contributed by atoms with Crippen LogP contribution in [0, 0.1) is 18.7 Å². The van der Waals surface area contributed by atoms with Crippen LogP contribution >= 0.6 is 11.8 Å². The zero-order chi connectivity index (χ0) is 22.2. The normalized spacial score (nSPS) is 14.4. The lowest BCUT2D eigenvalue weighted by atomic mass is 9.98. The van der Waals surface area contributed by atoms with Gasteiger partial charge in [0, 0.05) is 35.8 Å². The maximum atomic E-state index is 12.9. The largest absolute Gasteiger partial charge is 0.339 e. The molecule has 1 fully saturated rings. The summed E-state index contributed by atoms with van der Waals surface area (Å²) in [7, 11) is 0. The molecule has 1 aliphatic rings. The summed E-state index contributed by atoms with van der Waals surface area (Å²) >= 11 is 1.63. The third-order valence-electron chi connectivity index (χ3n) is 5.48. The van der Waals surface area contributed by atoms with Crippen LogP contribution in [0.1, 0.15) is 42.1 Å². The van der Waals surface area contributed by atoms with Crippen molar-refractivity contribution in [3.8, 4) is 0 Å². The number of rotatable bonds is 7. The zero-order valence-corrected chi connectivity index (χ0v) is 18.9. The van der Waals surface area contributed by atoms with Crippen molar-refractivity contribution in [1.29, 1.82) is 0 Å². The molecular formula is C24H30FN3O2S. The first-order valence-corrected chi connectivity index (χ1v) is 11.7. The highest BCUT2D eigenvalue weighted by Gasteiger charge is 2.21. The van der Waals surface area contributed by atoms with E-state index in [0.717, 1.165) is 48.6 Å². The summed E-state index contributed by atoms with van der Waals surface area (Å²) in [5, 5.41) is 5.70. The first-order valence-electron chi connectivity index (χ1n) is 10.8. The maximum absolute atomic E-state index is 12.9. The third kappa shape index (κ3) is 6.99. The Morgan fingerprint density at radius 2 is 1.84 bits per heavy atom. The molecule has 7 heteroatoms. The lowest BCUT2D eigenvalue weighted by molar-refractivity contribution is 0.0697. The molecule has 0 saturated carbocycles. The van der Waals surface area contributed by atoms with Crippen molar-refractivity contribution in [3.63, 3.8) is 0 Å². The van der Waals surface area contributed by atoms with E-state index in [1.807, 2.05) is 17.9 Å². The lowest BCUT2D eigenvalue weighted by Gasteiger charge is -2.30. The number of hydrogen-bond donors (Lipinski definition) is 2. The minimum atomic E-state index is -0.265. The molecular weight excluding hydrogens is 413 g/mol. The van der Waals surface area contributed by atoms with Crippen LogP contribution in [0.25, 0.3) is 0 Å². The van der Waals surface area contributed by atoms with Crippen molar-refractivity contribution in [2.24, 2.45) is 5.92 Å². The molecule has 0 unspecified atom stereocenters. The van der Waals surface area contributed by atoms with E-state index in [1.54, 1.807) is 36.0 Å². The summed E-state index contributed by atoms with van der Waals surface area (Å²) in [5.74, 6) is 1.33. The van der Waals surface area contributed by atoms with E-state index >= 15 is 0 Å². The van der Waals surface area contributed by atoms with E-state index < -0.39 is 0 Å². The molecule has 1 saturated heterocycles. The molecule has 0 aromatic heterocycles. The Labute approximate surface area is 187 Å². The van der Waals surface area contributed by atoms with Gasteiger partial charge in [0.2, 0.25) is 0 Å². The number of benzene rings is 2. The number of nitrogens with zero attached hydrogens (tertiary/aromatic N) is 1. The Hall–Kier alpha value is -2.54. The second-order valence-corrected chi connectivity index (χ2v) is 9.21. The van der Waals surface area contributed by atoms with E-state index in [9.17, 15) is 14.0 Å². The Kier molecular flexibility index (Phi) is 8.35. The Morgan fingerprint density at radius 1 is 1.13 bits per heavy atom. The molecule has 0 aliphatic carbocycles. The predicted octanol–water partition coefficient (Wildman–Crippen LogP) is 5.31. The molecule has 3 amide bonds. The fourth-order valence-corrected chi connectivity index (χ4v) is 4.35. The van der Waals surface area contributed by atoms with Gasteiger partial charge in [-0.05, 0) is 85.9 Å². The number of urea groups is 1. The first kappa shape index (κ1) is 23.1. The summed E-state index contributed by atoms with van der Waals surface area (Å²) in [6.07, 6.45) is 2.90. The van der Waals surface area contributed by atoms with Crippen LogP contribution < -0.4 is 10.6 Å². The molecule has 31 heavy (non-hydrogen) atoms. The lowest BCUT2D eigenvalue weighted by Crippen LogP contribution is -2.38. The molecule has 1 heterocycles. The summed E-state index contributed by atoms with van der Waals surface area (Å²) in [4.78, 5) is 27.8. The quantitative estimate of drug-likeness (QED) is 0.450. The van der Waals surface area contributed by atoms with Gasteiger partial charge >= 0.3 is 6.03 Å². The number of nitrogens with one attached hydrogen (secondary N) is 2. The summed E-state index contributed by atoms with van der Waals surface area (Å²) in [5.41, 5.74) is 2.22. The number of thioether (sulfide) groups is 1.